The zero-order valence-corrected chi connectivity index (χ0v) is 9.14. The monoisotopic (exact) mass is 196 g/mol. The van der Waals surface area contributed by atoms with Crippen molar-refractivity contribution < 1.29 is 0 Å². The van der Waals surface area contributed by atoms with Gasteiger partial charge in [-0.25, -0.2) is 0 Å². The molecule has 13 heavy (non-hydrogen) atoms. The smallest absolute Gasteiger partial charge is 0.0376 e. The lowest BCUT2D eigenvalue weighted by Gasteiger charge is -2.08. The Morgan fingerprint density at radius 3 is 2.77 bits per heavy atom. The fourth-order valence-electron chi connectivity index (χ4n) is 1.51. The first-order valence-corrected chi connectivity index (χ1v) is 5.35. The highest BCUT2D eigenvalue weighted by atomic mass is 35.5. The molecule has 0 aliphatic rings. The molecule has 0 heterocycles. The van der Waals surface area contributed by atoms with Crippen molar-refractivity contribution in [2.24, 2.45) is 0 Å². The highest BCUT2D eigenvalue weighted by Gasteiger charge is 2.04. The van der Waals surface area contributed by atoms with Crippen molar-refractivity contribution in [2.75, 3.05) is 0 Å². The van der Waals surface area contributed by atoms with E-state index in [0.29, 0.717) is 5.38 Å². The highest BCUT2D eigenvalue weighted by molar-refractivity contribution is 6.20. The molecular weight excluding hydrogens is 180 g/mol. The quantitative estimate of drug-likeness (QED) is 0.640. The summed E-state index contributed by atoms with van der Waals surface area (Å²) in [7, 11) is 0. The van der Waals surface area contributed by atoms with Crippen LogP contribution in [0.5, 0.6) is 0 Å². The molecule has 1 heteroatoms. The van der Waals surface area contributed by atoms with Crippen LogP contribution in [0, 0.1) is 6.92 Å². The van der Waals surface area contributed by atoms with Crippen LogP contribution < -0.4 is 0 Å². The molecule has 0 bridgehead atoms. The molecule has 0 aliphatic heterocycles. The molecule has 0 saturated carbocycles. The summed E-state index contributed by atoms with van der Waals surface area (Å²) in [5.41, 5.74) is 2.67. The van der Waals surface area contributed by atoms with Gasteiger partial charge in [0, 0.05) is 5.38 Å². The van der Waals surface area contributed by atoms with Gasteiger partial charge in [0.1, 0.15) is 0 Å². The SMILES string of the molecule is CCCC(Cl)Cc1cccc(C)c1. The highest BCUT2D eigenvalue weighted by Crippen LogP contribution is 2.13. The molecule has 0 radical (unpaired) electrons. The van der Waals surface area contributed by atoms with Crippen molar-refractivity contribution in [3.8, 4) is 0 Å². The van der Waals surface area contributed by atoms with E-state index in [1.807, 2.05) is 0 Å². The summed E-state index contributed by atoms with van der Waals surface area (Å²) in [5.74, 6) is 0. The Kier molecular flexibility index (Phi) is 4.31. The minimum atomic E-state index is 0.298. The Morgan fingerprint density at radius 1 is 1.38 bits per heavy atom. The standard InChI is InChI=1S/C12H17Cl/c1-3-5-12(13)9-11-7-4-6-10(2)8-11/h4,6-8,12H,3,5,9H2,1-2H3. The normalized spacial score (nSPS) is 12.8. The van der Waals surface area contributed by atoms with E-state index in [9.17, 15) is 0 Å². The molecule has 72 valence electrons. The van der Waals surface area contributed by atoms with Gasteiger partial charge < -0.3 is 0 Å². The summed E-state index contributed by atoms with van der Waals surface area (Å²) >= 11 is 6.17. The Morgan fingerprint density at radius 2 is 2.15 bits per heavy atom. The van der Waals surface area contributed by atoms with E-state index in [0.717, 1.165) is 12.8 Å². The molecule has 0 amide bonds. The summed E-state index contributed by atoms with van der Waals surface area (Å²) < 4.78 is 0. The van der Waals surface area contributed by atoms with Crippen molar-refractivity contribution in [2.45, 2.75) is 38.5 Å². The zero-order chi connectivity index (χ0) is 9.68. The predicted molar refractivity (Wildman–Crippen MR) is 59.4 cm³/mol. The third-order valence-electron chi connectivity index (χ3n) is 2.14. The molecule has 0 saturated heterocycles. The van der Waals surface area contributed by atoms with Crippen LogP contribution in [0.1, 0.15) is 30.9 Å². The van der Waals surface area contributed by atoms with E-state index in [1.54, 1.807) is 0 Å². The van der Waals surface area contributed by atoms with Crippen molar-refractivity contribution in [1.82, 2.24) is 0 Å². The summed E-state index contributed by atoms with van der Waals surface area (Å²) in [4.78, 5) is 0. The third-order valence-corrected chi connectivity index (χ3v) is 2.51. The zero-order valence-electron chi connectivity index (χ0n) is 8.39. The number of halogens is 1. The van der Waals surface area contributed by atoms with Crippen LogP contribution in [0.4, 0.5) is 0 Å². The maximum Gasteiger partial charge on any atom is 0.0376 e. The van der Waals surface area contributed by atoms with Gasteiger partial charge in [0.15, 0.2) is 0 Å². The topological polar surface area (TPSA) is 0 Å². The van der Waals surface area contributed by atoms with Gasteiger partial charge >= 0.3 is 0 Å². The lowest BCUT2D eigenvalue weighted by Crippen LogP contribution is -2.02. The first-order valence-electron chi connectivity index (χ1n) is 4.92. The Balaban J connectivity index is 2.53. The second kappa shape index (κ2) is 5.29. The Hall–Kier alpha value is -0.490. The average molecular weight is 197 g/mol. The Labute approximate surface area is 85.9 Å². The van der Waals surface area contributed by atoms with Gasteiger partial charge in [0.25, 0.3) is 0 Å². The summed E-state index contributed by atoms with van der Waals surface area (Å²) in [5, 5.41) is 0.298. The van der Waals surface area contributed by atoms with Gasteiger partial charge in [0.2, 0.25) is 0 Å². The Bertz CT molecular complexity index is 255. The van der Waals surface area contributed by atoms with E-state index in [-0.39, 0.29) is 0 Å². The van der Waals surface area contributed by atoms with Crippen LogP contribution >= 0.6 is 11.6 Å². The molecule has 0 aromatic heterocycles. The molecule has 0 fully saturated rings. The number of rotatable bonds is 4. The van der Waals surface area contributed by atoms with Crippen LogP contribution in [-0.4, -0.2) is 5.38 Å². The first-order chi connectivity index (χ1) is 6.22. The minimum absolute atomic E-state index is 0.298. The van der Waals surface area contributed by atoms with E-state index >= 15 is 0 Å². The lowest BCUT2D eigenvalue weighted by molar-refractivity contribution is 0.726. The van der Waals surface area contributed by atoms with Crippen LogP contribution in [0.15, 0.2) is 24.3 Å². The van der Waals surface area contributed by atoms with E-state index in [1.165, 1.54) is 17.5 Å². The van der Waals surface area contributed by atoms with Crippen molar-refractivity contribution in [3.63, 3.8) is 0 Å². The number of hydrogen-bond acceptors (Lipinski definition) is 0. The molecule has 0 nitrogen and oxygen atoms in total. The van der Waals surface area contributed by atoms with Crippen LogP contribution in [0.2, 0.25) is 0 Å². The van der Waals surface area contributed by atoms with Crippen molar-refractivity contribution in [1.29, 1.82) is 0 Å². The second-order valence-corrected chi connectivity index (χ2v) is 4.20. The van der Waals surface area contributed by atoms with E-state index < -0.39 is 0 Å². The molecule has 1 rings (SSSR count). The van der Waals surface area contributed by atoms with Gasteiger partial charge in [0.05, 0.1) is 0 Å². The van der Waals surface area contributed by atoms with Crippen LogP contribution in [0.25, 0.3) is 0 Å². The number of alkyl halides is 1. The summed E-state index contributed by atoms with van der Waals surface area (Å²) in [6.45, 7) is 4.29. The van der Waals surface area contributed by atoms with Crippen molar-refractivity contribution in [3.05, 3.63) is 35.4 Å². The van der Waals surface area contributed by atoms with Crippen LogP contribution in [0.3, 0.4) is 0 Å². The molecule has 1 aromatic rings. The lowest BCUT2D eigenvalue weighted by atomic mass is 10.0. The summed E-state index contributed by atoms with van der Waals surface area (Å²) in [6.07, 6.45) is 3.27. The second-order valence-electron chi connectivity index (χ2n) is 3.58. The fourth-order valence-corrected chi connectivity index (χ4v) is 1.91. The maximum atomic E-state index is 6.17. The fraction of sp³-hybridized carbons (Fsp3) is 0.500. The molecule has 0 N–H and O–H groups in total. The van der Waals surface area contributed by atoms with E-state index in [2.05, 4.69) is 38.1 Å². The first kappa shape index (κ1) is 10.6. The number of hydrogen-bond donors (Lipinski definition) is 0. The van der Waals surface area contributed by atoms with Gasteiger partial charge in [-0.15, -0.1) is 11.6 Å². The predicted octanol–water partition coefficient (Wildman–Crippen LogP) is 3.95. The van der Waals surface area contributed by atoms with Crippen molar-refractivity contribution >= 4 is 11.6 Å². The largest absolute Gasteiger partial charge is 0.123 e. The third kappa shape index (κ3) is 3.82. The van der Waals surface area contributed by atoms with Gasteiger partial charge in [-0.2, -0.15) is 0 Å². The molecule has 1 atom stereocenters. The van der Waals surface area contributed by atoms with Gasteiger partial charge in [-0.1, -0.05) is 43.2 Å². The summed E-state index contributed by atoms with van der Waals surface area (Å²) in [6, 6.07) is 8.58. The average Bonchev–Trinajstić information content (AvgIpc) is 2.04. The molecular formula is C12H17Cl. The van der Waals surface area contributed by atoms with E-state index in [4.69, 9.17) is 11.6 Å². The minimum Gasteiger partial charge on any atom is -0.123 e. The maximum absolute atomic E-state index is 6.17. The van der Waals surface area contributed by atoms with Gasteiger partial charge in [-0.3, -0.25) is 0 Å². The molecule has 1 aromatic carbocycles. The van der Waals surface area contributed by atoms with Crippen LogP contribution in [-0.2, 0) is 6.42 Å². The number of benzene rings is 1. The molecule has 1 unspecified atom stereocenters. The molecule has 0 aliphatic carbocycles. The van der Waals surface area contributed by atoms with Gasteiger partial charge in [-0.05, 0) is 25.3 Å². The number of aryl methyl sites for hydroxylation is 1. The molecule has 0 spiro atoms.